The van der Waals surface area contributed by atoms with E-state index in [-0.39, 0.29) is 17.6 Å². The van der Waals surface area contributed by atoms with Crippen molar-refractivity contribution in [2.24, 2.45) is 0 Å². The van der Waals surface area contributed by atoms with E-state index in [1.54, 1.807) is 17.5 Å². The summed E-state index contributed by atoms with van der Waals surface area (Å²) in [6.07, 6.45) is 0. The number of para-hydroxylation sites is 2. The number of H-pyrrole nitrogens is 1. The molecular weight excluding hydrogens is 360 g/mol. The Labute approximate surface area is 149 Å². The minimum Gasteiger partial charge on any atom is -0.272 e. The molecule has 4 aromatic rings. The van der Waals surface area contributed by atoms with Crippen LogP contribution in [0.15, 0.2) is 46.9 Å². The molecule has 0 radical (unpaired) electrons. The number of thiophene rings is 1. The van der Waals surface area contributed by atoms with E-state index in [1.807, 2.05) is 28.7 Å². The summed E-state index contributed by atoms with van der Waals surface area (Å²) in [5, 5.41) is 9.46. The molecule has 0 atom stereocenters. The molecule has 2 amide bonds. The van der Waals surface area contributed by atoms with E-state index in [1.165, 1.54) is 23.1 Å². The van der Waals surface area contributed by atoms with Crippen molar-refractivity contribution < 1.29 is 9.59 Å². The number of fused-ring (bicyclic) bond motifs is 3. The summed E-state index contributed by atoms with van der Waals surface area (Å²) in [7, 11) is 0. The van der Waals surface area contributed by atoms with Gasteiger partial charge in [0.2, 0.25) is 11.7 Å². The third-order valence-electron chi connectivity index (χ3n) is 3.40. The molecule has 4 rings (SSSR count). The van der Waals surface area contributed by atoms with E-state index in [0.717, 1.165) is 11.0 Å². The fourth-order valence-corrected chi connectivity index (χ4v) is 3.68. The van der Waals surface area contributed by atoms with Gasteiger partial charge < -0.3 is 0 Å². The Morgan fingerprint density at radius 2 is 2.08 bits per heavy atom. The zero-order chi connectivity index (χ0) is 17.2. The van der Waals surface area contributed by atoms with Gasteiger partial charge in [-0.25, -0.2) is 10.1 Å². The van der Waals surface area contributed by atoms with Crippen molar-refractivity contribution in [1.82, 2.24) is 30.4 Å². The minimum absolute atomic E-state index is 0.108. The van der Waals surface area contributed by atoms with Crippen LogP contribution in [0.2, 0.25) is 0 Å². The quantitative estimate of drug-likeness (QED) is 0.374. The van der Waals surface area contributed by atoms with E-state index in [2.05, 4.69) is 26.0 Å². The van der Waals surface area contributed by atoms with Crippen molar-refractivity contribution in [2.45, 2.75) is 5.16 Å². The third-order valence-corrected chi connectivity index (χ3v) is 5.20. The van der Waals surface area contributed by atoms with Crippen molar-refractivity contribution in [3.63, 3.8) is 0 Å². The number of thioether (sulfide) groups is 1. The third kappa shape index (κ3) is 3.08. The van der Waals surface area contributed by atoms with Crippen molar-refractivity contribution in [3.8, 4) is 0 Å². The van der Waals surface area contributed by atoms with Crippen molar-refractivity contribution in [1.29, 1.82) is 0 Å². The van der Waals surface area contributed by atoms with Crippen molar-refractivity contribution in [3.05, 3.63) is 46.7 Å². The van der Waals surface area contributed by atoms with E-state index >= 15 is 0 Å². The molecule has 0 spiro atoms. The standard InChI is InChI=1S/C15H12N6O2S2/c22-12(17-18-13(23)11-6-3-7-24-11)8-25-15-20-19-14-16-9-4-1-2-5-10(9)21(14)15/h1-7H,8H2,(H,16,19)(H,17,22)(H,18,23). The summed E-state index contributed by atoms with van der Waals surface area (Å²) >= 11 is 2.56. The molecule has 10 heteroatoms. The van der Waals surface area contributed by atoms with Crippen LogP contribution < -0.4 is 10.9 Å². The van der Waals surface area contributed by atoms with Gasteiger partial charge in [0.1, 0.15) is 0 Å². The fourth-order valence-electron chi connectivity index (χ4n) is 2.30. The van der Waals surface area contributed by atoms with Crippen LogP contribution in [0.1, 0.15) is 9.67 Å². The second kappa shape index (κ2) is 6.57. The van der Waals surface area contributed by atoms with Crippen molar-refractivity contribution >= 4 is 51.7 Å². The lowest BCUT2D eigenvalue weighted by molar-refractivity contribution is -0.119. The molecule has 1 aromatic carbocycles. The lowest BCUT2D eigenvalue weighted by Crippen LogP contribution is -2.42. The number of aromatic amines is 1. The normalized spacial score (nSPS) is 11.0. The smallest absolute Gasteiger partial charge is 0.272 e. The van der Waals surface area contributed by atoms with Crippen LogP contribution in [0.25, 0.3) is 16.8 Å². The summed E-state index contributed by atoms with van der Waals surface area (Å²) < 4.78 is 1.86. The maximum Gasteiger partial charge on any atom is 0.279 e. The molecule has 0 fully saturated rings. The number of carbonyl (C=O) groups excluding carboxylic acids is 2. The van der Waals surface area contributed by atoms with Crippen LogP contribution in [0, 0.1) is 0 Å². The first-order chi connectivity index (χ1) is 12.2. The van der Waals surface area contributed by atoms with Gasteiger partial charge in [0, 0.05) is 0 Å². The molecule has 3 N–H and O–H groups in total. The number of benzene rings is 1. The Balaban J connectivity index is 1.40. The Morgan fingerprint density at radius 1 is 1.20 bits per heavy atom. The first-order valence-electron chi connectivity index (χ1n) is 7.29. The van der Waals surface area contributed by atoms with E-state index in [9.17, 15) is 9.59 Å². The number of carbonyl (C=O) groups is 2. The average molecular weight is 372 g/mol. The van der Waals surface area contributed by atoms with Gasteiger partial charge in [0.15, 0.2) is 5.16 Å². The van der Waals surface area contributed by atoms with Gasteiger partial charge in [-0.05, 0) is 23.6 Å². The van der Waals surface area contributed by atoms with Gasteiger partial charge in [-0.2, -0.15) is 0 Å². The largest absolute Gasteiger partial charge is 0.279 e. The molecule has 0 aliphatic rings. The number of nitrogens with one attached hydrogen (secondary N) is 3. The molecule has 25 heavy (non-hydrogen) atoms. The van der Waals surface area contributed by atoms with Gasteiger partial charge in [0.25, 0.3) is 5.91 Å². The van der Waals surface area contributed by atoms with Gasteiger partial charge in [-0.3, -0.25) is 24.8 Å². The summed E-state index contributed by atoms with van der Waals surface area (Å²) in [6, 6.07) is 11.2. The number of aromatic nitrogens is 4. The number of hydrogen-bond donors (Lipinski definition) is 3. The minimum atomic E-state index is -0.337. The molecule has 0 unspecified atom stereocenters. The fraction of sp³-hybridized carbons (Fsp3) is 0.0667. The molecule has 0 saturated carbocycles. The Kier molecular flexibility index (Phi) is 4.12. The van der Waals surface area contributed by atoms with Gasteiger partial charge in [-0.1, -0.05) is 30.0 Å². The summed E-state index contributed by atoms with van der Waals surface area (Å²) in [6.45, 7) is 0. The van der Waals surface area contributed by atoms with Gasteiger partial charge in [-0.15, -0.1) is 16.4 Å². The number of amides is 2. The molecule has 8 nitrogen and oxygen atoms in total. The molecule has 3 heterocycles. The maximum absolute atomic E-state index is 11.9. The lowest BCUT2D eigenvalue weighted by Gasteiger charge is -2.05. The first-order valence-corrected chi connectivity index (χ1v) is 9.16. The first kappa shape index (κ1) is 15.7. The number of rotatable bonds is 4. The SMILES string of the molecule is O=C(CSc1n[nH]c2nc3ccccc3n12)NNC(=O)c1cccs1. The topological polar surface area (TPSA) is 104 Å². The molecular formula is C15H12N6O2S2. The lowest BCUT2D eigenvalue weighted by atomic mass is 10.3. The van der Waals surface area contributed by atoms with E-state index in [0.29, 0.717) is 15.8 Å². The Morgan fingerprint density at radius 3 is 2.92 bits per heavy atom. The second-order valence-electron chi connectivity index (χ2n) is 5.03. The number of nitrogens with zero attached hydrogens (tertiary/aromatic N) is 3. The second-order valence-corrected chi connectivity index (χ2v) is 6.92. The predicted molar refractivity (Wildman–Crippen MR) is 95.5 cm³/mol. The number of imidazole rings is 1. The highest BCUT2D eigenvalue weighted by Crippen LogP contribution is 2.22. The maximum atomic E-state index is 11.9. The zero-order valence-electron chi connectivity index (χ0n) is 12.7. The number of hydrazine groups is 1. The monoisotopic (exact) mass is 372 g/mol. The van der Waals surface area contributed by atoms with Gasteiger partial charge in [0.05, 0.1) is 21.7 Å². The van der Waals surface area contributed by atoms with E-state index < -0.39 is 0 Å². The van der Waals surface area contributed by atoms with Crippen LogP contribution >= 0.6 is 23.1 Å². The highest BCUT2D eigenvalue weighted by Gasteiger charge is 2.14. The highest BCUT2D eigenvalue weighted by molar-refractivity contribution is 7.99. The molecule has 3 aromatic heterocycles. The molecule has 0 saturated heterocycles. The van der Waals surface area contributed by atoms with Gasteiger partial charge >= 0.3 is 0 Å². The zero-order valence-corrected chi connectivity index (χ0v) is 14.4. The highest BCUT2D eigenvalue weighted by atomic mass is 32.2. The molecule has 0 bridgehead atoms. The van der Waals surface area contributed by atoms with Crippen LogP contribution in [-0.2, 0) is 4.79 Å². The Bertz CT molecular complexity index is 1050. The molecule has 0 aliphatic heterocycles. The van der Waals surface area contributed by atoms with Crippen molar-refractivity contribution in [2.75, 3.05) is 5.75 Å². The van der Waals surface area contributed by atoms with Crippen LogP contribution in [0.4, 0.5) is 0 Å². The van der Waals surface area contributed by atoms with E-state index in [4.69, 9.17) is 0 Å². The summed E-state index contributed by atoms with van der Waals surface area (Å²) in [5.74, 6) is 0.0682. The van der Waals surface area contributed by atoms with Crippen LogP contribution in [0.5, 0.6) is 0 Å². The average Bonchev–Trinajstić information content (AvgIpc) is 3.34. The molecule has 126 valence electrons. The number of hydrogen-bond acceptors (Lipinski definition) is 6. The predicted octanol–water partition coefficient (Wildman–Crippen LogP) is 1.83. The van der Waals surface area contributed by atoms with Crippen LogP contribution in [-0.4, -0.2) is 37.1 Å². The molecule has 0 aliphatic carbocycles. The summed E-state index contributed by atoms with van der Waals surface area (Å²) in [4.78, 5) is 28.7. The summed E-state index contributed by atoms with van der Waals surface area (Å²) in [5.41, 5.74) is 6.55. The van der Waals surface area contributed by atoms with Crippen LogP contribution in [0.3, 0.4) is 0 Å². The Hall–Kier alpha value is -2.85.